The van der Waals surface area contributed by atoms with Crippen LogP contribution in [-0.4, -0.2) is 44.8 Å². The number of aromatic nitrogens is 2. The third-order valence-electron chi connectivity index (χ3n) is 6.61. The van der Waals surface area contributed by atoms with Gasteiger partial charge in [0.05, 0.1) is 17.1 Å². The van der Waals surface area contributed by atoms with E-state index in [0.717, 1.165) is 40.8 Å². The van der Waals surface area contributed by atoms with Gasteiger partial charge in [-0.2, -0.15) is 0 Å². The highest BCUT2D eigenvalue weighted by molar-refractivity contribution is 6.09. The van der Waals surface area contributed by atoms with Crippen LogP contribution in [0, 0.1) is 0 Å². The number of imide groups is 1. The molecule has 1 aliphatic carbocycles. The molecule has 0 radical (unpaired) electrons. The number of benzene rings is 2. The van der Waals surface area contributed by atoms with Crippen molar-refractivity contribution in [2.45, 2.75) is 50.1 Å². The van der Waals surface area contributed by atoms with Crippen LogP contribution < -0.4 is 10.6 Å². The van der Waals surface area contributed by atoms with Crippen molar-refractivity contribution in [3.8, 4) is 0 Å². The number of fused-ring (bicyclic) bond motifs is 1. The molecule has 8 nitrogen and oxygen atoms in total. The summed E-state index contributed by atoms with van der Waals surface area (Å²) in [6.07, 6.45) is 4.64. The van der Waals surface area contributed by atoms with Crippen LogP contribution >= 0.6 is 0 Å². The van der Waals surface area contributed by atoms with Gasteiger partial charge in [0.1, 0.15) is 17.9 Å². The Morgan fingerprint density at radius 1 is 1.03 bits per heavy atom. The van der Waals surface area contributed by atoms with Crippen LogP contribution in [0.3, 0.4) is 0 Å². The largest absolute Gasteiger partial charge is 0.344 e. The van der Waals surface area contributed by atoms with Gasteiger partial charge in [0, 0.05) is 0 Å². The van der Waals surface area contributed by atoms with E-state index in [2.05, 4.69) is 20.6 Å². The molecule has 5 rings (SSSR count). The third kappa shape index (κ3) is 4.20. The second-order valence-electron chi connectivity index (χ2n) is 8.91. The number of carbonyl (C=O) groups is 3. The van der Waals surface area contributed by atoms with Gasteiger partial charge in [0.15, 0.2) is 0 Å². The molecule has 3 N–H and O–H groups in total. The van der Waals surface area contributed by atoms with Gasteiger partial charge in [-0.05, 0) is 37.0 Å². The maximum atomic E-state index is 13.0. The van der Waals surface area contributed by atoms with Gasteiger partial charge in [0.25, 0.3) is 5.91 Å². The lowest BCUT2D eigenvalue weighted by atomic mass is 9.82. The number of nitrogens with zero attached hydrogens (tertiary/aromatic N) is 2. The second kappa shape index (κ2) is 8.69. The van der Waals surface area contributed by atoms with E-state index < -0.39 is 23.5 Å². The molecule has 2 heterocycles. The molecule has 1 aliphatic heterocycles. The molecule has 8 heteroatoms. The molecule has 2 aromatic carbocycles. The number of urea groups is 1. The highest BCUT2D eigenvalue weighted by atomic mass is 16.2. The molecular formula is C25H27N5O3. The number of nitrogens with one attached hydrogen (secondary N) is 3. The maximum Gasteiger partial charge on any atom is 0.325 e. The summed E-state index contributed by atoms with van der Waals surface area (Å²) in [5, 5.41) is 5.85. The molecule has 170 valence electrons. The first-order valence-electron chi connectivity index (χ1n) is 11.5. The fourth-order valence-electron chi connectivity index (χ4n) is 4.90. The van der Waals surface area contributed by atoms with Crippen molar-refractivity contribution in [1.29, 1.82) is 0 Å². The molecular weight excluding hydrogens is 418 g/mol. The third-order valence-corrected chi connectivity index (χ3v) is 6.61. The minimum atomic E-state index is -0.836. The molecule has 2 fully saturated rings. The summed E-state index contributed by atoms with van der Waals surface area (Å²) < 4.78 is 0. The Hall–Kier alpha value is -3.68. The van der Waals surface area contributed by atoms with Crippen LogP contribution in [-0.2, 0) is 16.0 Å². The first-order chi connectivity index (χ1) is 16.0. The Labute approximate surface area is 191 Å². The summed E-state index contributed by atoms with van der Waals surface area (Å²) in [7, 11) is 0. The molecule has 0 unspecified atom stereocenters. The number of imidazole rings is 1. The predicted octanol–water partition coefficient (Wildman–Crippen LogP) is 3.22. The lowest BCUT2D eigenvalue weighted by Crippen LogP contribution is -2.49. The molecule has 1 saturated carbocycles. The van der Waals surface area contributed by atoms with Gasteiger partial charge in [0.2, 0.25) is 5.91 Å². The van der Waals surface area contributed by atoms with Gasteiger partial charge >= 0.3 is 6.03 Å². The molecule has 33 heavy (non-hydrogen) atoms. The molecule has 1 atom stereocenters. The number of H-pyrrole nitrogens is 1. The fourth-order valence-corrected chi connectivity index (χ4v) is 4.90. The van der Waals surface area contributed by atoms with E-state index >= 15 is 0 Å². The zero-order valence-corrected chi connectivity index (χ0v) is 18.3. The topological polar surface area (TPSA) is 107 Å². The van der Waals surface area contributed by atoms with Crippen molar-refractivity contribution in [3.05, 3.63) is 66.0 Å². The number of para-hydroxylation sites is 2. The van der Waals surface area contributed by atoms with Gasteiger partial charge in [-0.3, -0.25) is 14.5 Å². The highest BCUT2D eigenvalue weighted by Crippen LogP contribution is 2.33. The molecule has 3 aromatic rings. The summed E-state index contributed by atoms with van der Waals surface area (Å²) in [6.45, 7) is -0.308. The average molecular weight is 446 g/mol. The van der Waals surface area contributed by atoms with Gasteiger partial charge in [-0.25, -0.2) is 9.78 Å². The number of carbonyl (C=O) groups excluding carboxylic acids is 3. The van der Waals surface area contributed by atoms with Crippen LogP contribution in [0.2, 0.25) is 0 Å². The Morgan fingerprint density at radius 3 is 2.52 bits per heavy atom. The van der Waals surface area contributed by atoms with Crippen molar-refractivity contribution in [3.63, 3.8) is 0 Å². The standard InChI is InChI=1S/C25H27N5O3/c31-21(16-30-23(32)25(29-24(30)33)13-7-2-8-14-25)26-20(15-17-9-3-1-4-10-17)22-27-18-11-5-6-12-19(18)28-22/h1,3-6,9-12,20H,2,7-8,13-16H2,(H,26,31)(H,27,28)(H,29,33)/t20-/m0/s1. The van der Waals surface area contributed by atoms with Crippen molar-refractivity contribution < 1.29 is 14.4 Å². The summed E-state index contributed by atoms with van der Waals surface area (Å²) in [5.41, 5.74) is 1.90. The van der Waals surface area contributed by atoms with Crippen molar-refractivity contribution >= 4 is 28.9 Å². The van der Waals surface area contributed by atoms with Gasteiger partial charge < -0.3 is 15.6 Å². The van der Waals surface area contributed by atoms with Crippen molar-refractivity contribution in [2.75, 3.05) is 6.54 Å². The predicted molar refractivity (Wildman–Crippen MR) is 123 cm³/mol. The van der Waals surface area contributed by atoms with Crippen molar-refractivity contribution in [2.24, 2.45) is 0 Å². The quantitative estimate of drug-likeness (QED) is 0.507. The average Bonchev–Trinajstić information content (AvgIpc) is 3.35. The highest BCUT2D eigenvalue weighted by Gasteiger charge is 2.51. The minimum absolute atomic E-state index is 0.286. The molecule has 1 aromatic heterocycles. The fraction of sp³-hybridized carbons (Fsp3) is 0.360. The first kappa shape index (κ1) is 21.2. The van der Waals surface area contributed by atoms with Crippen LogP contribution in [0.5, 0.6) is 0 Å². The normalized spacial score (nSPS) is 18.5. The summed E-state index contributed by atoms with van der Waals surface area (Å²) in [5.74, 6) is -0.0483. The number of rotatable bonds is 6. The Morgan fingerprint density at radius 2 is 1.76 bits per heavy atom. The van der Waals surface area contributed by atoms with E-state index in [9.17, 15) is 14.4 Å². The van der Waals surface area contributed by atoms with Crippen LogP contribution in [0.4, 0.5) is 4.79 Å². The maximum absolute atomic E-state index is 13.0. The summed E-state index contributed by atoms with van der Waals surface area (Å²) in [4.78, 5) is 47.6. The molecule has 1 saturated heterocycles. The second-order valence-corrected chi connectivity index (χ2v) is 8.91. The SMILES string of the molecule is O=C(CN1C(=O)NC2(CCCCC2)C1=O)N[C@@H](Cc1ccccc1)c1nc2ccccc2[nH]1. The molecule has 2 aliphatic rings. The van der Waals surface area contributed by atoms with E-state index in [1.807, 2.05) is 54.6 Å². The van der Waals surface area contributed by atoms with Crippen LogP contribution in [0.15, 0.2) is 54.6 Å². The van der Waals surface area contributed by atoms with Crippen molar-refractivity contribution in [1.82, 2.24) is 25.5 Å². The molecule has 0 bridgehead atoms. The van der Waals surface area contributed by atoms with Crippen LogP contribution in [0.1, 0.15) is 49.5 Å². The molecule has 1 spiro atoms. The number of aromatic amines is 1. The van der Waals surface area contributed by atoms with E-state index in [1.165, 1.54) is 0 Å². The molecule has 4 amide bonds. The lowest BCUT2D eigenvalue weighted by molar-refractivity contribution is -0.136. The Bertz CT molecular complexity index is 1150. The van der Waals surface area contributed by atoms with Gasteiger partial charge in [-0.15, -0.1) is 0 Å². The Kier molecular flexibility index (Phi) is 5.58. The van der Waals surface area contributed by atoms with E-state index in [-0.39, 0.29) is 12.5 Å². The summed E-state index contributed by atoms with van der Waals surface area (Å²) in [6, 6.07) is 16.6. The van der Waals surface area contributed by atoms with E-state index in [1.54, 1.807) is 0 Å². The number of hydrogen-bond donors (Lipinski definition) is 3. The van der Waals surface area contributed by atoms with Crippen LogP contribution in [0.25, 0.3) is 11.0 Å². The minimum Gasteiger partial charge on any atom is -0.344 e. The smallest absolute Gasteiger partial charge is 0.325 e. The number of amides is 4. The van der Waals surface area contributed by atoms with E-state index in [0.29, 0.717) is 25.1 Å². The zero-order valence-electron chi connectivity index (χ0n) is 18.3. The first-order valence-corrected chi connectivity index (χ1v) is 11.5. The van der Waals surface area contributed by atoms with Gasteiger partial charge in [-0.1, -0.05) is 61.7 Å². The summed E-state index contributed by atoms with van der Waals surface area (Å²) >= 11 is 0. The monoisotopic (exact) mass is 445 g/mol. The van der Waals surface area contributed by atoms with E-state index in [4.69, 9.17) is 0 Å². The lowest BCUT2D eigenvalue weighted by Gasteiger charge is -2.30. The Balaban J connectivity index is 1.34. The number of hydrogen-bond acceptors (Lipinski definition) is 4. The zero-order chi connectivity index (χ0) is 22.8.